The van der Waals surface area contributed by atoms with E-state index in [1.165, 1.54) is 0 Å². The zero-order valence-electron chi connectivity index (χ0n) is 11.8. The molecule has 0 heterocycles. The number of benzene rings is 2. The molecule has 0 bridgehead atoms. The summed E-state index contributed by atoms with van der Waals surface area (Å²) in [6.45, 7) is 4.98. The SMILES string of the molecule is CCOc1c(Cl)cc(Cl)cc1CNc1ccc(C)c(Cl)c1. The maximum Gasteiger partial charge on any atom is 0.142 e. The second kappa shape index (κ2) is 7.26. The Morgan fingerprint density at radius 3 is 2.48 bits per heavy atom. The molecule has 2 aromatic carbocycles. The quantitative estimate of drug-likeness (QED) is 0.722. The zero-order valence-corrected chi connectivity index (χ0v) is 14.1. The molecule has 0 saturated heterocycles. The van der Waals surface area contributed by atoms with Crippen LogP contribution in [0.5, 0.6) is 5.75 Å². The third-order valence-electron chi connectivity index (χ3n) is 3.03. The molecule has 5 heteroatoms. The van der Waals surface area contributed by atoms with E-state index in [4.69, 9.17) is 39.5 Å². The Balaban J connectivity index is 2.20. The van der Waals surface area contributed by atoms with Crippen LogP contribution in [0.4, 0.5) is 5.69 Å². The number of aryl methyl sites for hydroxylation is 1. The molecule has 0 amide bonds. The van der Waals surface area contributed by atoms with Crippen LogP contribution in [0.3, 0.4) is 0 Å². The standard InChI is InChI=1S/C16H16Cl3NO/c1-3-21-16-11(6-12(17)7-15(16)19)9-20-13-5-4-10(2)14(18)8-13/h4-8,20H,3,9H2,1-2H3. The van der Waals surface area contributed by atoms with E-state index in [2.05, 4.69) is 5.32 Å². The van der Waals surface area contributed by atoms with Crippen molar-refractivity contribution in [1.82, 2.24) is 0 Å². The Morgan fingerprint density at radius 1 is 1.05 bits per heavy atom. The first kappa shape index (κ1) is 16.3. The minimum Gasteiger partial charge on any atom is -0.492 e. The molecule has 0 spiro atoms. The summed E-state index contributed by atoms with van der Waals surface area (Å²) in [5.74, 6) is 0.661. The average Bonchev–Trinajstić information content (AvgIpc) is 2.43. The topological polar surface area (TPSA) is 21.3 Å². The normalized spacial score (nSPS) is 10.5. The van der Waals surface area contributed by atoms with Crippen LogP contribution in [0.1, 0.15) is 18.1 Å². The predicted molar refractivity (Wildman–Crippen MR) is 91.1 cm³/mol. The Bertz CT molecular complexity index is 644. The fourth-order valence-electron chi connectivity index (χ4n) is 1.95. The molecule has 0 unspecified atom stereocenters. The van der Waals surface area contributed by atoms with Gasteiger partial charge in [-0.1, -0.05) is 40.9 Å². The minimum absolute atomic E-state index is 0.517. The average molecular weight is 345 g/mol. The molecule has 0 aromatic heterocycles. The van der Waals surface area contributed by atoms with Gasteiger partial charge in [0.2, 0.25) is 0 Å². The van der Waals surface area contributed by atoms with Crippen molar-refractivity contribution in [2.75, 3.05) is 11.9 Å². The zero-order chi connectivity index (χ0) is 15.4. The van der Waals surface area contributed by atoms with Gasteiger partial charge < -0.3 is 10.1 Å². The van der Waals surface area contributed by atoms with Crippen molar-refractivity contribution in [2.24, 2.45) is 0 Å². The van der Waals surface area contributed by atoms with E-state index in [9.17, 15) is 0 Å². The third-order valence-corrected chi connectivity index (χ3v) is 3.93. The summed E-state index contributed by atoms with van der Waals surface area (Å²) in [4.78, 5) is 0. The lowest BCUT2D eigenvalue weighted by Gasteiger charge is -2.14. The summed E-state index contributed by atoms with van der Waals surface area (Å²) in [5.41, 5.74) is 2.89. The molecule has 21 heavy (non-hydrogen) atoms. The van der Waals surface area contributed by atoms with Crippen LogP contribution in [0, 0.1) is 6.92 Å². The van der Waals surface area contributed by atoms with Crippen molar-refractivity contribution in [3.63, 3.8) is 0 Å². The maximum atomic E-state index is 6.18. The van der Waals surface area contributed by atoms with E-state index in [0.717, 1.165) is 21.8 Å². The van der Waals surface area contributed by atoms with Crippen LogP contribution in [0.15, 0.2) is 30.3 Å². The third kappa shape index (κ3) is 4.19. The highest BCUT2D eigenvalue weighted by Crippen LogP contribution is 2.33. The molecule has 0 aliphatic carbocycles. The second-order valence-corrected chi connectivity index (χ2v) is 5.88. The Morgan fingerprint density at radius 2 is 1.81 bits per heavy atom. The van der Waals surface area contributed by atoms with Crippen molar-refractivity contribution in [3.05, 3.63) is 56.5 Å². The van der Waals surface area contributed by atoms with Crippen LogP contribution >= 0.6 is 34.8 Å². The fraction of sp³-hybridized carbons (Fsp3) is 0.250. The summed E-state index contributed by atoms with van der Waals surface area (Å²) in [6.07, 6.45) is 0. The highest BCUT2D eigenvalue weighted by molar-refractivity contribution is 6.35. The maximum absolute atomic E-state index is 6.18. The second-order valence-electron chi connectivity index (χ2n) is 4.63. The minimum atomic E-state index is 0.517. The molecule has 0 radical (unpaired) electrons. The lowest BCUT2D eigenvalue weighted by molar-refractivity contribution is 0.337. The molecule has 112 valence electrons. The lowest BCUT2D eigenvalue weighted by atomic mass is 10.1. The smallest absolute Gasteiger partial charge is 0.142 e. The number of hydrogen-bond acceptors (Lipinski definition) is 2. The van der Waals surface area contributed by atoms with Gasteiger partial charge in [0, 0.05) is 27.8 Å². The van der Waals surface area contributed by atoms with Gasteiger partial charge >= 0.3 is 0 Å². The molecular formula is C16H16Cl3NO. The largest absolute Gasteiger partial charge is 0.492 e. The van der Waals surface area contributed by atoms with E-state index in [1.807, 2.05) is 38.1 Å². The summed E-state index contributed by atoms with van der Waals surface area (Å²) < 4.78 is 5.60. The number of anilines is 1. The Hall–Kier alpha value is -1.09. The first-order valence-electron chi connectivity index (χ1n) is 6.62. The number of halogens is 3. The predicted octanol–water partition coefficient (Wildman–Crippen LogP) is 5.97. The van der Waals surface area contributed by atoms with Gasteiger partial charge in [0.05, 0.1) is 11.6 Å². The van der Waals surface area contributed by atoms with Crippen molar-refractivity contribution in [1.29, 1.82) is 0 Å². The first-order chi connectivity index (χ1) is 10.0. The molecule has 1 N–H and O–H groups in total. The molecule has 0 saturated carbocycles. The fourth-order valence-corrected chi connectivity index (χ4v) is 2.72. The van der Waals surface area contributed by atoms with Crippen LogP contribution < -0.4 is 10.1 Å². The number of hydrogen-bond donors (Lipinski definition) is 1. The summed E-state index contributed by atoms with van der Waals surface area (Å²) >= 11 is 18.4. The molecule has 0 aliphatic heterocycles. The van der Waals surface area contributed by atoms with Crippen LogP contribution in [0.25, 0.3) is 0 Å². The van der Waals surface area contributed by atoms with Gasteiger partial charge in [0.1, 0.15) is 5.75 Å². The lowest BCUT2D eigenvalue weighted by Crippen LogP contribution is -2.04. The van der Waals surface area contributed by atoms with E-state index in [1.54, 1.807) is 6.07 Å². The molecule has 0 atom stereocenters. The molecule has 2 rings (SSSR count). The summed E-state index contributed by atoms with van der Waals surface area (Å²) in [6, 6.07) is 9.37. The van der Waals surface area contributed by atoms with Gasteiger partial charge in [0.25, 0.3) is 0 Å². The van der Waals surface area contributed by atoms with Crippen molar-refractivity contribution < 1.29 is 4.74 Å². The van der Waals surface area contributed by atoms with Gasteiger partial charge in [-0.25, -0.2) is 0 Å². The molecule has 0 aliphatic rings. The summed E-state index contributed by atoms with van der Waals surface area (Å²) in [7, 11) is 0. The van der Waals surface area contributed by atoms with Crippen molar-refractivity contribution in [2.45, 2.75) is 20.4 Å². The van der Waals surface area contributed by atoms with Gasteiger partial charge in [0.15, 0.2) is 0 Å². The van der Waals surface area contributed by atoms with Crippen molar-refractivity contribution >= 4 is 40.5 Å². The van der Waals surface area contributed by atoms with Gasteiger partial charge in [-0.2, -0.15) is 0 Å². The van der Waals surface area contributed by atoms with Gasteiger partial charge in [-0.3, -0.25) is 0 Å². The van der Waals surface area contributed by atoms with E-state index in [-0.39, 0.29) is 0 Å². The molecule has 2 nitrogen and oxygen atoms in total. The number of ether oxygens (including phenoxy) is 1. The number of nitrogens with one attached hydrogen (secondary N) is 1. The molecule has 2 aromatic rings. The summed E-state index contributed by atoms with van der Waals surface area (Å²) in [5, 5.41) is 5.13. The molecule has 0 fully saturated rings. The van der Waals surface area contributed by atoms with Crippen LogP contribution in [-0.2, 0) is 6.54 Å². The number of rotatable bonds is 5. The van der Waals surface area contributed by atoms with Crippen LogP contribution in [-0.4, -0.2) is 6.61 Å². The van der Waals surface area contributed by atoms with Gasteiger partial charge in [-0.15, -0.1) is 0 Å². The Labute approximate surface area is 140 Å². The first-order valence-corrected chi connectivity index (χ1v) is 7.75. The van der Waals surface area contributed by atoms with E-state index < -0.39 is 0 Å². The Kier molecular flexibility index (Phi) is 5.63. The van der Waals surface area contributed by atoms with E-state index in [0.29, 0.717) is 28.9 Å². The monoisotopic (exact) mass is 343 g/mol. The van der Waals surface area contributed by atoms with Gasteiger partial charge in [-0.05, 0) is 43.7 Å². The highest BCUT2D eigenvalue weighted by Gasteiger charge is 2.10. The van der Waals surface area contributed by atoms with Crippen molar-refractivity contribution in [3.8, 4) is 5.75 Å². The van der Waals surface area contributed by atoms with E-state index >= 15 is 0 Å². The highest BCUT2D eigenvalue weighted by atomic mass is 35.5. The van der Waals surface area contributed by atoms with Crippen LogP contribution in [0.2, 0.25) is 15.1 Å². The molecular weight excluding hydrogens is 329 g/mol.